The molecule has 3 aromatic rings. The maximum absolute atomic E-state index is 12.3. The predicted molar refractivity (Wildman–Crippen MR) is 91.5 cm³/mol. The highest BCUT2D eigenvalue weighted by Crippen LogP contribution is 2.34. The number of fused-ring (bicyclic) bond motifs is 3. The number of aromatic hydroxyl groups is 1. The zero-order chi connectivity index (χ0) is 16.7. The summed E-state index contributed by atoms with van der Waals surface area (Å²) in [6, 6.07) is 6.77. The zero-order valence-corrected chi connectivity index (χ0v) is 13.6. The first kappa shape index (κ1) is 14.9. The Morgan fingerprint density at radius 3 is 3.00 bits per heavy atom. The lowest BCUT2D eigenvalue weighted by Crippen LogP contribution is -2.27. The Balaban J connectivity index is 1.61. The zero-order valence-electron chi connectivity index (χ0n) is 12.8. The first-order valence-corrected chi connectivity index (χ1v) is 8.55. The summed E-state index contributed by atoms with van der Waals surface area (Å²) in [7, 11) is 0. The van der Waals surface area contributed by atoms with E-state index in [4.69, 9.17) is 0 Å². The number of para-hydroxylation sites is 1. The largest absolute Gasteiger partial charge is 0.508 e. The van der Waals surface area contributed by atoms with E-state index < -0.39 is 5.91 Å². The number of thiophene rings is 1. The summed E-state index contributed by atoms with van der Waals surface area (Å²) >= 11 is 1.50. The summed E-state index contributed by atoms with van der Waals surface area (Å²) in [5.74, 6) is -0.349. The molecule has 3 N–H and O–H groups in total. The van der Waals surface area contributed by atoms with Crippen LogP contribution in [0.3, 0.4) is 0 Å². The van der Waals surface area contributed by atoms with Gasteiger partial charge in [-0.15, -0.1) is 11.3 Å². The molecule has 0 saturated heterocycles. The molecular formula is C17H15N3O3S. The standard InChI is InChI=1S/C17H15N3O3S/c21-11-6-2-1-4-9(11)8-18-16(23)14-19-15(22)13-10-5-3-7-12(10)24-17(13)20-14/h1-2,4,6,21H,3,5,7-8H2,(H,18,23)(H,19,20,22). The molecule has 7 heteroatoms. The molecule has 0 radical (unpaired) electrons. The number of hydrogen-bond donors (Lipinski definition) is 3. The number of aromatic amines is 1. The van der Waals surface area contributed by atoms with Gasteiger partial charge in [-0.25, -0.2) is 4.98 Å². The SMILES string of the molecule is O=C(NCc1ccccc1O)c1nc2sc3c(c2c(=O)[nH]1)CCC3. The molecule has 0 aliphatic heterocycles. The molecule has 0 bridgehead atoms. The van der Waals surface area contributed by atoms with Crippen LogP contribution in [0.5, 0.6) is 5.75 Å². The molecule has 1 aromatic carbocycles. The number of nitrogens with zero attached hydrogens (tertiary/aromatic N) is 1. The number of phenolic OH excluding ortho intramolecular Hbond substituents is 1. The number of phenols is 1. The van der Waals surface area contributed by atoms with Crippen LogP contribution in [-0.4, -0.2) is 21.0 Å². The Morgan fingerprint density at radius 1 is 1.33 bits per heavy atom. The number of nitrogens with one attached hydrogen (secondary N) is 2. The number of aromatic nitrogens is 2. The highest BCUT2D eigenvalue weighted by atomic mass is 32.1. The van der Waals surface area contributed by atoms with Crippen molar-refractivity contribution >= 4 is 27.5 Å². The van der Waals surface area contributed by atoms with Crippen molar-refractivity contribution in [2.75, 3.05) is 0 Å². The molecule has 1 aliphatic rings. The van der Waals surface area contributed by atoms with E-state index in [0.717, 1.165) is 24.8 Å². The number of H-pyrrole nitrogens is 1. The van der Waals surface area contributed by atoms with Crippen LogP contribution in [0.2, 0.25) is 0 Å². The fraction of sp³-hybridized carbons (Fsp3) is 0.235. The smallest absolute Gasteiger partial charge is 0.287 e. The highest BCUT2D eigenvalue weighted by molar-refractivity contribution is 7.18. The number of amides is 1. The molecule has 4 rings (SSSR count). The molecule has 122 valence electrons. The molecule has 0 fully saturated rings. The normalized spacial score (nSPS) is 13.2. The van der Waals surface area contributed by atoms with Crippen LogP contribution in [0.15, 0.2) is 29.1 Å². The van der Waals surface area contributed by atoms with Gasteiger partial charge in [-0.2, -0.15) is 0 Å². The van der Waals surface area contributed by atoms with Crippen LogP contribution in [-0.2, 0) is 19.4 Å². The van der Waals surface area contributed by atoms with Gasteiger partial charge in [0.2, 0.25) is 5.82 Å². The van der Waals surface area contributed by atoms with Gasteiger partial charge in [-0.1, -0.05) is 18.2 Å². The minimum Gasteiger partial charge on any atom is -0.508 e. The van der Waals surface area contributed by atoms with E-state index in [9.17, 15) is 14.7 Å². The van der Waals surface area contributed by atoms with Crippen LogP contribution in [0, 0.1) is 0 Å². The Bertz CT molecular complexity index is 1010. The van der Waals surface area contributed by atoms with E-state index in [1.165, 1.54) is 16.2 Å². The maximum atomic E-state index is 12.3. The van der Waals surface area contributed by atoms with E-state index in [0.29, 0.717) is 15.8 Å². The number of benzene rings is 1. The number of hydrogen-bond acceptors (Lipinski definition) is 5. The van der Waals surface area contributed by atoms with Crippen molar-refractivity contribution in [3.05, 3.63) is 56.4 Å². The predicted octanol–water partition coefficient (Wildman–Crippen LogP) is 2.11. The monoisotopic (exact) mass is 341 g/mol. The van der Waals surface area contributed by atoms with Crippen molar-refractivity contribution < 1.29 is 9.90 Å². The Labute approximate surface area is 141 Å². The summed E-state index contributed by atoms with van der Waals surface area (Å²) < 4.78 is 0. The maximum Gasteiger partial charge on any atom is 0.287 e. The third kappa shape index (κ3) is 2.46. The molecule has 6 nitrogen and oxygen atoms in total. The van der Waals surface area contributed by atoms with Crippen LogP contribution in [0.25, 0.3) is 10.2 Å². The third-order valence-corrected chi connectivity index (χ3v) is 5.41. The Kier molecular flexibility index (Phi) is 3.57. The lowest BCUT2D eigenvalue weighted by atomic mass is 10.2. The number of carbonyl (C=O) groups excluding carboxylic acids is 1. The third-order valence-electron chi connectivity index (χ3n) is 4.22. The summed E-state index contributed by atoms with van der Waals surface area (Å²) in [5.41, 5.74) is 1.43. The topological polar surface area (TPSA) is 95.1 Å². The molecular weight excluding hydrogens is 326 g/mol. The van der Waals surface area contributed by atoms with Gasteiger partial charge >= 0.3 is 0 Å². The van der Waals surface area contributed by atoms with Gasteiger partial charge in [0.25, 0.3) is 11.5 Å². The molecule has 2 heterocycles. The second-order valence-electron chi connectivity index (χ2n) is 5.76. The second-order valence-corrected chi connectivity index (χ2v) is 6.85. The van der Waals surface area contributed by atoms with Gasteiger partial charge in [-0.3, -0.25) is 9.59 Å². The second kappa shape index (κ2) is 5.76. The Hall–Kier alpha value is -2.67. The fourth-order valence-electron chi connectivity index (χ4n) is 3.03. The van der Waals surface area contributed by atoms with Crippen LogP contribution in [0.4, 0.5) is 0 Å². The summed E-state index contributed by atoms with van der Waals surface area (Å²) in [6.07, 6.45) is 2.95. The first-order chi connectivity index (χ1) is 11.6. The van der Waals surface area contributed by atoms with Crippen molar-refractivity contribution in [1.82, 2.24) is 15.3 Å². The van der Waals surface area contributed by atoms with Crippen LogP contribution >= 0.6 is 11.3 Å². The van der Waals surface area contributed by atoms with Gasteiger partial charge in [0.05, 0.1) is 5.39 Å². The molecule has 0 unspecified atom stereocenters. The quantitative estimate of drug-likeness (QED) is 0.680. The molecule has 0 spiro atoms. The molecule has 2 aromatic heterocycles. The number of rotatable bonds is 3. The molecule has 1 amide bonds. The average molecular weight is 341 g/mol. The van der Waals surface area contributed by atoms with E-state index >= 15 is 0 Å². The minimum atomic E-state index is -0.467. The molecule has 0 atom stereocenters. The molecule has 0 saturated carbocycles. The van der Waals surface area contributed by atoms with Crippen LogP contribution in [0.1, 0.15) is 33.0 Å². The van der Waals surface area contributed by atoms with Gasteiger partial charge in [0.15, 0.2) is 0 Å². The Morgan fingerprint density at radius 2 is 2.17 bits per heavy atom. The van der Waals surface area contributed by atoms with Gasteiger partial charge in [0.1, 0.15) is 10.6 Å². The first-order valence-electron chi connectivity index (χ1n) is 7.73. The van der Waals surface area contributed by atoms with Gasteiger partial charge in [0, 0.05) is 17.0 Å². The summed E-state index contributed by atoms with van der Waals surface area (Å²) in [4.78, 5) is 33.4. The lowest BCUT2D eigenvalue weighted by molar-refractivity contribution is 0.0940. The van der Waals surface area contributed by atoms with Crippen molar-refractivity contribution in [3.63, 3.8) is 0 Å². The van der Waals surface area contributed by atoms with E-state index in [1.54, 1.807) is 24.3 Å². The fourth-order valence-corrected chi connectivity index (χ4v) is 4.29. The van der Waals surface area contributed by atoms with Crippen molar-refractivity contribution in [3.8, 4) is 5.75 Å². The average Bonchev–Trinajstić information content (AvgIpc) is 3.14. The molecule has 1 aliphatic carbocycles. The van der Waals surface area contributed by atoms with Crippen molar-refractivity contribution in [1.29, 1.82) is 0 Å². The summed E-state index contributed by atoms with van der Waals surface area (Å²) in [6.45, 7) is 0.161. The summed E-state index contributed by atoms with van der Waals surface area (Å²) in [5, 5.41) is 13.0. The van der Waals surface area contributed by atoms with Gasteiger partial charge in [-0.05, 0) is 30.9 Å². The van der Waals surface area contributed by atoms with E-state index in [2.05, 4.69) is 15.3 Å². The minimum absolute atomic E-state index is 0.00263. The van der Waals surface area contributed by atoms with Crippen LogP contribution < -0.4 is 10.9 Å². The van der Waals surface area contributed by atoms with E-state index in [-0.39, 0.29) is 23.7 Å². The molecule has 24 heavy (non-hydrogen) atoms. The number of carbonyl (C=O) groups is 1. The van der Waals surface area contributed by atoms with Crippen molar-refractivity contribution in [2.45, 2.75) is 25.8 Å². The number of aryl methyl sites for hydroxylation is 2. The van der Waals surface area contributed by atoms with E-state index in [1.807, 2.05) is 0 Å². The van der Waals surface area contributed by atoms with Crippen molar-refractivity contribution in [2.24, 2.45) is 0 Å². The van der Waals surface area contributed by atoms with Gasteiger partial charge < -0.3 is 15.4 Å². The lowest BCUT2D eigenvalue weighted by Gasteiger charge is -2.06. The highest BCUT2D eigenvalue weighted by Gasteiger charge is 2.22.